The van der Waals surface area contributed by atoms with Crippen LogP contribution < -0.4 is 10.6 Å². The molecule has 0 aliphatic heterocycles. The molecule has 0 aromatic rings. The van der Waals surface area contributed by atoms with Crippen LogP contribution in [0.25, 0.3) is 0 Å². The van der Waals surface area contributed by atoms with Gasteiger partial charge in [-0.05, 0) is 52.5 Å². The lowest BCUT2D eigenvalue weighted by atomic mass is 10.2. The summed E-state index contributed by atoms with van der Waals surface area (Å²) >= 11 is 0. The molecule has 1 fully saturated rings. The molecule has 1 saturated carbocycles. The largest absolute Gasteiger partial charge is 0.444 e. The number of carbonyl (C=O) groups excluding carboxylic acids is 1. The van der Waals surface area contributed by atoms with Gasteiger partial charge in [-0.2, -0.15) is 0 Å². The first kappa shape index (κ1) is 16.2. The molecule has 19 heavy (non-hydrogen) atoms. The van der Waals surface area contributed by atoms with Gasteiger partial charge < -0.3 is 20.1 Å². The van der Waals surface area contributed by atoms with Gasteiger partial charge in [0.2, 0.25) is 0 Å². The smallest absolute Gasteiger partial charge is 0.407 e. The van der Waals surface area contributed by atoms with E-state index < -0.39 is 5.60 Å². The molecule has 0 aromatic carbocycles. The second-order valence-electron chi connectivity index (χ2n) is 6.05. The topological polar surface area (TPSA) is 59.6 Å². The first-order chi connectivity index (χ1) is 8.97. The number of ether oxygens (including phenoxy) is 2. The highest BCUT2D eigenvalue weighted by Gasteiger charge is 2.20. The molecular formula is C14H28N2O3. The van der Waals surface area contributed by atoms with Crippen LogP contribution in [-0.4, -0.2) is 44.5 Å². The van der Waals surface area contributed by atoms with Crippen molar-refractivity contribution in [1.82, 2.24) is 10.6 Å². The summed E-state index contributed by atoms with van der Waals surface area (Å²) in [7, 11) is 0. The standard InChI is InChI=1S/C14H28N2O3/c1-14(2,3)19-13(17)16-9-8-15-7-4-10-18-11-12-5-6-12/h12,15H,4-11H2,1-3H3,(H,16,17). The zero-order chi connectivity index (χ0) is 14.1. The van der Waals surface area contributed by atoms with E-state index in [0.29, 0.717) is 6.54 Å². The van der Waals surface area contributed by atoms with Gasteiger partial charge in [0.05, 0.1) is 0 Å². The van der Waals surface area contributed by atoms with Crippen LogP contribution in [0.1, 0.15) is 40.0 Å². The number of alkyl carbamates (subject to hydrolysis) is 1. The Balaban J connectivity index is 1.78. The Hall–Kier alpha value is -0.810. The lowest BCUT2D eigenvalue weighted by Crippen LogP contribution is -2.36. The summed E-state index contributed by atoms with van der Waals surface area (Å²) < 4.78 is 10.7. The first-order valence-electron chi connectivity index (χ1n) is 7.23. The lowest BCUT2D eigenvalue weighted by molar-refractivity contribution is 0.0528. The van der Waals surface area contributed by atoms with Crippen LogP contribution in [0, 0.1) is 5.92 Å². The Morgan fingerprint density at radius 2 is 1.95 bits per heavy atom. The van der Waals surface area contributed by atoms with E-state index in [1.165, 1.54) is 12.8 Å². The Bertz CT molecular complexity index is 260. The fraction of sp³-hybridized carbons (Fsp3) is 0.929. The highest BCUT2D eigenvalue weighted by molar-refractivity contribution is 5.67. The predicted molar refractivity (Wildman–Crippen MR) is 75.3 cm³/mol. The summed E-state index contributed by atoms with van der Waals surface area (Å²) in [4.78, 5) is 11.3. The summed E-state index contributed by atoms with van der Waals surface area (Å²) in [6.07, 6.45) is 3.34. The van der Waals surface area contributed by atoms with Crippen LogP contribution in [0.3, 0.4) is 0 Å². The van der Waals surface area contributed by atoms with E-state index >= 15 is 0 Å². The molecule has 1 amide bonds. The van der Waals surface area contributed by atoms with Crippen LogP contribution in [0.4, 0.5) is 4.79 Å². The van der Waals surface area contributed by atoms with Crippen molar-refractivity contribution in [2.24, 2.45) is 5.92 Å². The van der Waals surface area contributed by atoms with Crippen molar-refractivity contribution in [2.45, 2.75) is 45.6 Å². The van der Waals surface area contributed by atoms with Crippen LogP contribution in [-0.2, 0) is 9.47 Å². The van der Waals surface area contributed by atoms with Crippen molar-refractivity contribution in [3.8, 4) is 0 Å². The molecule has 0 atom stereocenters. The van der Waals surface area contributed by atoms with Gasteiger partial charge in [-0.25, -0.2) is 4.79 Å². The maximum absolute atomic E-state index is 11.3. The van der Waals surface area contributed by atoms with E-state index in [-0.39, 0.29) is 6.09 Å². The molecule has 0 aromatic heterocycles. The average Bonchev–Trinajstić information content (AvgIpc) is 3.08. The average molecular weight is 272 g/mol. The normalized spacial score (nSPS) is 15.3. The second kappa shape index (κ2) is 8.38. The zero-order valence-electron chi connectivity index (χ0n) is 12.5. The molecule has 5 heteroatoms. The Kier molecular flexibility index (Phi) is 7.16. The van der Waals surface area contributed by atoms with E-state index in [9.17, 15) is 4.79 Å². The third-order valence-electron chi connectivity index (χ3n) is 2.66. The predicted octanol–water partition coefficient (Wildman–Crippen LogP) is 1.92. The minimum Gasteiger partial charge on any atom is -0.444 e. The number of rotatable bonds is 9. The van der Waals surface area contributed by atoms with Crippen molar-refractivity contribution < 1.29 is 14.3 Å². The molecule has 2 N–H and O–H groups in total. The van der Waals surface area contributed by atoms with Gasteiger partial charge in [0.15, 0.2) is 0 Å². The van der Waals surface area contributed by atoms with E-state index in [1.54, 1.807) is 0 Å². The summed E-state index contributed by atoms with van der Waals surface area (Å²) in [5.74, 6) is 0.839. The van der Waals surface area contributed by atoms with Gasteiger partial charge in [-0.15, -0.1) is 0 Å². The van der Waals surface area contributed by atoms with Gasteiger partial charge in [0.25, 0.3) is 0 Å². The zero-order valence-corrected chi connectivity index (χ0v) is 12.5. The quantitative estimate of drug-likeness (QED) is 0.630. The number of carbonyl (C=O) groups is 1. The lowest BCUT2D eigenvalue weighted by Gasteiger charge is -2.19. The highest BCUT2D eigenvalue weighted by atomic mass is 16.6. The molecule has 0 unspecified atom stereocenters. The maximum Gasteiger partial charge on any atom is 0.407 e. The third kappa shape index (κ3) is 10.8. The molecule has 1 rings (SSSR count). The molecule has 112 valence electrons. The Labute approximate surface area is 116 Å². The number of hydrogen-bond acceptors (Lipinski definition) is 4. The van der Waals surface area contributed by atoms with E-state index in [1.807, 2.05) is 20.8 Å². The molecule has 1 aliphatic carbocycles. The fourth-order valence-corrected chi connectivity index (χ4v) is 1.53. The molecule has 1 aliphatic rings. The summed E-state index contributed by atoms with van der Waals surface area (Å²) in [5, 5.41) is 5.97. The minimum atomic E-state index is -0.434. The summed E-state index contributed by atoms with van der Waals surface area (Å²) in [6.45, 7) is 9.56. The van der Waals surface area contributed by atoms with Crippen molar-refractivity contribution in [2.75, 3.05) is 32.8 Å². The van der Waals surface area contributed by atoms with Crippen molar-refractivity contribution in [3.05, 3.63) is 0 Å². The molecule has 0 spiro atoms. The molecule has 5 nitrogen and oxygen atoms in total. The third-order valence-corrected chi connectivity index (χ3v) is 2.66. The van der Waals surface area contributed by atoms with Gasteiger partial charge in [0, 0.05) is 26.3 Å². The summed E-state index contributed by atoms with van der Waals surface area (Å²) in [5.41, 5.74) is -0.434. The van der Waals surface area contributed by atoms with E-state index in [0.717, 1.165) is 38.6 Å². The van der Waals surface area contributed by atoms with Crippen LogP contribution in [0.15, 0.2) is 0 Å². The van der Waals surface area contributed by atoms with Crippen LogP contribution in [0.2, 0.25) is 0 Å². The van der Waals surface area contributed by atoms with E-state index in [2.05, 4.69) is 10.6 Å². The van der Waals surface area contributed by atoms with Crippen LogP contribution in [0.5, 0.6) is 0 Å². The van der Waals surface area contributed by atoms with Crippen LogP contribution >= 0.6 is 0 Å². The monoisotopic (exact) mass is 272 g/mol. The highest BCUT2D eigenvalue weighted by Crippen LogP contribution is 2.28. The van der Waals surface area contributed by atoms with Gasteiger partial charge in [-0.1, -0.05) is 0 Å². The first-order valence-corrected chi connectivity index (χ1v) is 7.23. The second-order valence-corrected chi connectivity index (χ2v) is 6.05. The number of nitrogens with one attached hydrogen (secondary N) is 2. The summed E-state index contributed by atoms with van der Waals surface area (Å²) in [6, 6.07) is 0. The molecule has 0 saturated heterocycles. The fourth-order valence-electron chi connectivity index (χ4n) is 1.53. The van der Waals surface area contributed by atoms with E-state index in [4.69, 9.17) is 9.47 Å². The SMILES string of the molecule is CC(C)(C)OC(=O)NCCNCCCOCC1CC1. The van der Waals surface area contributed by atoms with Gasteiger partial charge in [-0.3, -0.25) is 0 Å². The Morgan fingerprint density at radius 1 is 1.21 bits per heavy atom. The van der Waals surface area contributed by atoms with Gasteiger partial charge >= 0.3 is 6.09 Å². The minimum absolute atomic E-state index is 0.359. The Morgan fingerprint density at radius 3 is 2.58 bits per heavy atom. The van der Waals surface area contributed by atoms with Gasteiger partial charge in [0.1, 0.15) is 5.60 Å². The molecule has 0 radical (unpaired) electrons. The molecular weight excluding hydrogens is 244 g/mol. The number of amides is 1. The van der Waals surface area contributed by atoms with Crippen molar-refractivity contribution in [1.29, 1.82) is 0 Å². The van der Waals surface area contributed by atoms with Crippen molar-refractivity contribution in [3.63, 3.8) is 0 Å². The molecule has 0 heterocycles. The van der Waals surface area contributed by atoms with Crippen molar-refractivity contribution >= 4 is 6.09 Å². The maximum atomic E-state index is 11.3. The number of hydrogen-bond donors (Lipinski definition) is 2. The molecule has 0 bridgehead atoms.